The summed E-state index contributed by atoms with van der Waals surface area (Å²) in [6.45, 7) is 2.52. The molecule has 3 heteroatoms. The first-order chi connectivity index (χ1) is 6.43. The van der Waals surface area contributed by atoms with Gasteiger partial charge in [-0.15, -0.1) is 6.42 Å². The summed E-state index contributed by atoms with van der Waals surface area (Å²) in [5.41, 5.74) is 0. The van der Waals surface area contributed by atoms with Crippen LogP contribution in [0.15, 0.2) is 22.8 Å². The van der Waals surface area contributed by atoms with Crippen molar-refractivity contribution in [2.45, 2.75) is 6.61 Å². The fourth-order valence-electron chi connectivity index (χ4n) is 0.872. The molecule has 0 radical (unpaired) electrons. The highest BCUT2D eigenvalue weighted by molar-refractivity contribution is 4.96. The second-order valence-corrected chi connectivity index (χ2v) is 2.51. The maximum Gasteiger partial charge on any atom is 0.129 e. The van der Waals surface area contributed by atoms with Gasteiger partial charge < -0.3 is 14.5 Å². The summed E-state index contributed by atoms with van der Waals surface area (Å²) < 4.78 is 10.4. The van der Waals surface area contributed by atoms with Crippen LogP contribution in [-0.4, -0.2) is 19.7 Å². The van der Waals surface area contributed by atoms with Crippen LogP contribution in [0.2, 0.25) is 0 Å². The molecule has 0 aliphatic heterocycles. The lowest BCUT2D eigenvalue weighted by molar-refractivity contribution is 0.109. The van der Waals surface area contributed by atoms with Crippen molar-refractivity contribution in [2.24, 2.45) is 0 Å². The molecular formula is C10H13NO2. The predicted octanol–water partition coefficient (Wildman–Crippen LogP) is 1.02. The Hall–Kier alpha value is -1.24. The third-order valence-electron chi connectivity index (χ3n) is 1.47. The molecule has 1 heterocycles. The number of terminal acetylenes is 1. The van der Waals surface area contributed by atoms with Gasteiger partial charge in [0, 0.05) is 6.54 Å². The molecule has 1 aromatic rings. The van der Waals surface area contributed by atoms with Crippen LogP contribution in [0.1, 0.15) is 5.76 Å². The molecule has 0 saturated carbocycles. The fourth-order valence-corrected chi connectivity index (χ4v) is 0.872. The van der Waals surface area contributed by atoms with Crippen molar-refractivity contribution in [2.75, 3.05) is 19.7 Å². The Morgan fingerprint density at radius 1 is 1.62 bits per heavy atom. The van der Waals surface area contributed by atoms with E-state index in [0.717, 1.165) is 12.3 Å². The molecule has 0 atom stereocenters. The number of nitrogens with one attached hydrogen (secondary N) is 1. The SMILES string of the molecule is C#CCNCCOCc1ccco1. The van der Waals surface area contributed by atoms with E-state index in [0.29, 0.717) is 19.8 Å². The topological polar surface area (TPSA) is 34.4 Å². The largest absolute Gasteiger partial charge is 0.467 e. The number of rotatable bonds is 6. The van der Waals surface area contributed by atoms with Gasteiger partial charge in [0.05, 0.1) is 19.4 Å². The Labute approximate surface area is 78.1 Å². The molecule has 0 spiro atoms. The second kappa shape index (κ2) is 6.30. The van der Waals surface area contributed by atoms with Crippen molar-refractivity contribution in [3.63, 3.8) is 0 Å². The molecule has 70 valence electrons. The Morgan fingerprint density at radius 3 is 3.23 bits per heavy atom. The first kappa shape index (κ1) is 9.85. The first-order valence-corrected chi connectivity index (χ1v) is 4.18. The lowest BCUT2D eigenvalue weighted by Gasteiger charge is -2.01. The van der Waals surface area contributed by atoms with Gasteiger partial charge in [0.1, 0.15) is 12.4 Å². The van der Waals surface area contributed by atoms with Gasteiger partial charge in [0.15, 0.2) is 0 Å². The Balaban J connectivity index is 1.94. The van der Waals surface area contributed by atoms with E-state index in [-0.39, 0.29) is 0 Å². The molecule has 1 rings (SSSR count). The highest BCUT2D eigenvalue weighted by Crippen LogP contribution is 2.00. The average Bonchev–Trinajstić information content (AvgIpc) is 2.63. The third kappa shape index (κ3) is 4.36. The molecule has 0 saturated heterocycles. The van der Waals surface area contributed by atoms with Gasteiger partial charge in [0.2, 0.25) is 0 Å². The van der Waals surface area contributed by atoms with Gasteiger partial charge in [-0.3, -0.25) is 0 Å². The minimum Gasteiger partial charge on any atom is -0.467 e. The van der Waals surface area contributed by atoms with E-state index in [9.17, 15) is 0 Å². The second-order valence-electron chi connectivity index (χ2n) is 2.51. The van der Waals surface area contributed by atoms with E-state index in [1.165, 1.54) is 0 Å². The molecule has 0 unspecified atom stereocenters. The van der Waals surface area contributed by atoms with Crippen molar-refractivity contribution >= 4 is 0 Å². The number of furan rings is 1. The average molecular weight is 179 g/mol. The van der Waals surface area contributed by atoms with Crippen molar-refractivity contribution in [1.82, 2.24) is 5.32 Å². The normalized spacial score (nSPS) is 9.77. The smallest absolute Gasteiger partial charge is 0.129 e. The standard InChI is InChI=1S/C10H13NO2/c1-2-5-11-6-8-12-9-10-4-3-7-13-10/h1,3-4,7,11H,5-6,8-9H2. The van der Waals surface area contributed by atoms with E-state index in [1.54, 1.807) is 6.26 Å². The predicted molar refractivity (Wildman–Crippen MR) is 50.1 cm³/mol. The van der Waals surface area contributed by atoms with E-state index >= 15 is 0 Å². The van der Waals surface area contributed by atoms with Crippen LogP contribution in [0.4, 0.5) is 0 Å². The molecule has 1 aromatic heterocycles. The van der Waals surface area contributed by atoms with Crippen LogP contribution in [0.25, 0.3) is 0 Å². The summed E-state index contributed by atoms with van der Waals surface area (Å²) in [5, 5.41) is 3.02. The molecule has 3 nitrogen and oxygen atoms in total. The summed E-state index contributed by atoms with van der Waals surface area (Å²) in [6, 6.07) is 3.73. The lowest BCUT2D eigenvalue weighted by Crippen LogP contribution is -2.19. The quantitative estimate of drug-likeness (QED) is 0.523. The van der Waals surface area contributed by atoms with Crippen LogP contribution in [0, 0.1) is 12.3 Å². The molecular weight excluding hydrogens is 166 g/mol. The molecule has 0 aromatic carbocycles. The van der Waals surface area contributed by atoms with Crippen molar-refractivity contribution in [3.8, 4) is 12.3 Å². The van der Waals surface area contributed by atoms with Gasteiger partial charge in [-0.25, -0.2) is 0 Å². The minimum absolute atomic E-state index is 0.519. The van der Waals surface area contributed by atoms with Crippen LogP contribution in [0.3, 0.4) is 0 Å². The van der Waals surface area contributed by atoms with Crippen molar-refractivity contribution < 1.29 is 9.15 Å². The lowest BCUT2D eigenvalue weighted by atomic mass is 10.5. The van der Waals surface area contributed by atoms with E-state index in [1.807, 2.05) is 12.1 Å². The van der Waals surface area contributed by atoms with Crippen LogP contribution >= 0.6 is 0 Å². The molecule has 0 aliphatic rings. The van der Waals surface area contributed by atoms with Gasteiger partial charge in [-0.1, -0.05) is 5.92 Å². The van der Waals surface area contributed by atoms with Gasteiger partial charge in [0.25, 0.3) is 0 Å². The number of hydrogen-bond acceptors (Lipinski definition) is 3. The van der Waals surface area contributed by atoms with Crippen LogP contribution in [0.5, 0.6) is 0 Å². The summed E-state index contributed by atoms with van der Waals surface area (Å²) in [4.78, 5) is 0. The molecule has 13 heavy (non-hydrogen) atoms. The Bertz CT molecular complexity index is 248. The summed E-state index contributed by atoms with van der Waals surface area (Å²) in [5.74, 6) is 3.33. The van der Waals surface area contributed by atoms with E-state index in [4.69, 9.17) is 15.6 Å². The Kier molecular flexibility index (Phi) is 4.77. The van der Waals surface area contributed by atoms with Crippen LogP contribution < -0.4 is 5.32 Å². The minimum atomic E-state index is 0.519. The van der Waals surface area contributed by atoms with E-state index < -0.39 is 0 Å². The monoisotopic (exact) mass is 179 g/mol. The van der Waals surface area contributed by atoms with E-state index in [2.05, 4.69) is 11.2 Å². The highest BCUT2D eigenvalue weighted by Gasteiger charge is 1.93. The molecule has 1 N–H and O–H groups in total. The van der Waals surface area contributed by atoms with Crippen molar-refractivity contribution in [1.29, 1.82) is 0 Å². The number of hydrogen-bond donors (Lipinski definition) is 1. The van der Waals surface area contributed by atoms with Gasteiger partial charge in [-0.05, 0) is 12.1 Å². The maximum atomic E-state index is 5.30. The van der Waals surface area contributed by atoms with Crippen molar-refractivity contribution in [3.05, 3.63) is 24.2 Å². The molecule has 0 fully saturated rings. The van der Waals surface area contributed by atoms with Gasteiger partial charge >= 0.3 is 0 Å². The van der Waals surface area contributed by atoms with Gasteiger partial charge in [-0.2, -0.15) is 0 Å². The zero-order valence-corrected chi connectivity index (χ0v) is 7.45. The summed E-state index contributed by atoms with van der Waals surface area (Å²) >= 11 is 0. The zero-order valence-electron chi connectivity index (χ0n) is 7.45. The first-order valence-electron chi connectivity index (χ1n) is 4.18. The molecule has 0 aliphatic carbocycles. The van der Waals surface area contributed by atoms with Crippen LogP contribution in [-0.2, 0) is 11.3 Å². The zero-order chi connectivity index (χ0) is 9.36. The summed E-state index contributed by atoms with van der Waals surface area (Å²) in [6.07, 6.45) is 6.69. The highest BCUT2D eigenvalue weighted by atomic mass is 16.5. The fraction of sp³-hybridized carbons (Fsp3) is 0.400. The third-order valence-corrected chi connectivity index (χ3v) is 1.47. The molecule has 0 amide bonds. The summed E-state index contributed by atoms with van der Waals surface area (Å²) in [7, 11) is 0. The molecule has 0 bridgehead atoms. The maximum absolute atomic E-state index is 5.30. The number of ether oxygens (including phenoxy) is 1. The Morgan fingerprint density at radius 2 is 2.54 bits per heavy atom.